The van der Waals surface area contributed by atoms with Crippen molar-refractivity contribution in [3.05, 3.63) is 0 Å². The summed E-state index contributed by atoms with van der Waals surface area (Å²) < 4.78 is 0. The van der Waals surface area contributed by atoms with Gasteiger partial charge in [0.25, 0.3) is 0 Å². The molecule has 0 spiro atoms. The fourth-order valence-corrected chi connectivity index (χ4v) is 0.431. The van der Waals surface area contributed by atoms with Crippen molar-refractivity contribution in [2.45, 2.75) is 6.04 Å². The number of nitrogens with two attached hydrogens (primary N) is 1. The molecule has 0 bridgehead atoms. The van der Waals surface area contributed by atoms with Crippen LogP contribution in [0.1, 0.15) is 0 Å². The Bertz CT molecular complexity index is 72.8. The summed E-state index contributed by atoms with van der Waals surface area (Å²) in [6.45, 7) is 0.573. The molecular weight excluding hydrogens is 104 g/mol. The lowest BCUT2D eigenvalue weighted by Gasteiger charge is -2.09. The van der Waals surface area contributed by atoms with Crippen LogP contribution in [0.5, 0.6) is 0 Å². The van der Waals surface area contributed by atoms with Crippen molar-refractivity contribution in [1.29, 1.82) is 0 Å². The largest absolute Gasteiger partial charge is 0.320 e. The molecule has 0 aromatic heterocycles. The third kappa shape index (κ3) is 3.77. The van der Waals surface area contributed by atoms with E-state index in [1.807, 2.05) is 19.0 Å². The van der Waals surface area contributed by atoms with Gasteiger partial charge in [-0.1, -0.05) is 0 Å². The minimum Gasteiger partial charge on any atom is -0.320 e. The van der Waals surface area contributed by atoms with Crippen molar-refractivity contribution in [2.75, 3.05) is 20.6 Å². The number of hydrogen-bond acceptors (Lipinski definition) is 3. The van der Waals surface area contributed by atoms with Crippen LogP contribution in [0, 0.1) is 0 Å². The highest BCUT2D eigenvalue weighted by Gasteiger charge is 2.00. The highest BCUT2D eigenvalue weighted by atomic mass is 16.1. The molecule has 8 heavy (non-hydrogen) atoms. The minimum atomic E-state index is -0.454. The smallest absolute Gasteiger partial charge is 0.218 e. The van der Waals surface area contributed by atoms with Crippen LogP contribution in [0.2, 0.25) is 0 Å². The summed E-state index contributed by atoms with van der Waals surface area (Å²) in [6.07, 6.45) is 1.68. The van der Waals surface area contributed by atoms with Crippen molar-refractivity contribution >= 4 is 6.29 Å². The maximum absolute atomic E-state index is 9.76. The highest BCUT2D eigenvalue weighted by molar-refractivity contribution is 5.58. The number of carbonyl (C=O) groups excluding carboxylic acids is 1. The van der Waals surface area contributed by atoms with Crippen molar-refractivity contribution in [2.24, 2.45) is 5.73 Å². The van der Waals surface area contributed by atoms with Gasteiger partial charge in [0.15, 0.2) is 0 Å². The zero-order valence-electron chi connectivity index (χ0n) is 5.22. The second-order valence-electron chi connectivity index (χ2n) is 1.99. The molecule has 0 aromatic rings. The molecule has 0 saturated carbocycles. The monoisotopic (exact) mass is 115 g/mol. The third-order valence-corrected chi connectivity index (χ3v) is 0.713. The van der Waals surface area contributed by atoms with Crippen LogP contribution in [0.4, 0.5) is 0 Å². The molecule has 3 nitrogen and oxygen atoms in total. The molecule has 0 amide bonds. The van der Waals surface area contributed by atoms with Crippen LogP contribution in [-0.4, -0.2) is 37.9 Å². The maximum atomic E-state index is 9.76. The summed E-state index contributed by atoms with van der Waals surface area (Å²) in [6, 6.07) is -0.454. The van der Waals surface area contributed by atoms with Gasteiger partial charge in [-0.15, -0.1) is 0 Å². The van der Waals surface area contributed by atoms with Crippen LogP contribution < -0.4 is 5.73 Å². The first-order valence-corrected chi connectivity index (χ1v) is 2.45. The van der Waals surface area contributed by atoms with Crippen LogP contribution in [0.25, 0.3) is 0 Å². The minimum absolute atomic E-state index is 0.454. The van der Waals surface area contributed by atoms with E-state index in [1.165, 1.54) is 0 Å². The zero-order valence-corrected chi connectivity index (χ0v) is 5.22. The van der Waals surface area contributed by atoms with Crippen LogP contribution in [0.3, 0.4) is 0 Å². The second-order valence-corrected chi connectivity index (χ2v) is 1.99. The molecule has 0 aliphatic heterocycles. The van der Waals surface area contributed by atoms with E-state index in [9.17, 15) is 4.79 Å². The van der Waals surface area contributed by atoms with Crippen LogP contribution in [0.15, 0.2) is 0 Å². The summed E-state index contributed by atoms with van der Waals surface area (Å²) in [5, 5.41) is 0. The lowest BCUT2D eigenvalue weighted by Crippen LogP contribution is -2.34. The fourth-order valence-electron chi connectivity index (χ4n) is 0.431. The van der Waals surface area contributed by atoms with E-state index < -0.39 is 6.04 Å². The molecule has 3 heteroatoms. The van der Waals surface area contributed by atoms with Gasteiger partial charge in [-0.25, -0.2) is 0 Å². The van der Waals surface area contributed by atoms with E-state index in [0.717, 1.165) is 0 Å². The molecule has 1 radical (unpaired) electrons. The van der Waals surface area contributed by atoms with E-state index in [4.69, 9.17) is 5.73 Å². The summed E-state index contributed by atoms with van der Waals surface area (Å²) in [5.41, 5.74) is 5.21. The molecule has 0 fully saturated rings. The summed E-state index contributed by atoms with van der Waals surface area (Å²) in [7, 11) is 3.72. The predicted molar refractivity (Wildman–Crippen MR) is 32.2 cm³/mol. The molecule has 0 aliphatic carbocycles. The van der Waals surface area contributed by atoms with Crippen molar-refractivity contribution < 1.29 is 4.79 Å². The first kappa shape index (κ1) is 7.59. The summed E-state index contributed by atoms with van der Waals surface area (Å²) in [4.78, 5) is 11.6. The number of likely N-dealkylation sites (N-methyl/N-ethyl adjacent to an activating group) is 1. The molecular formula is C5H11N2O. The Morgan fingerprint density at radius 3 is 2.38 bits per heavy atom. The first-order chi connectivity index (χ1) is 3.66. The Hall–Kier alpha value is -0.410. The third-order valence-electron chi connectivity index (χ3n) is 0.713. The Morgan fingerprint density at radius 2 is 2.25 bits per heavy atom. The van der Waals surface area contributed by atoms with E-state index in [2.05, 4.69) is 0 Å². The van der Waals surface area contributed by atoms with E-state index in [1.54, 1.807) is 6.29 Å². The van der Waals surface area contributed by atoms with Gasteiger partial charge in [-0.3, -0.25) is 4.79 Å². The Labute approximate surface area is 49.5 Å². The molecule has 47 valence electrons. The standard InChI is InChI=1S/C5H11N2O/c1-7(2)3-5(6)4-8/h5H,3,6H2,1-2H3/t5-/m1/s1. The van der Waals surface area contributed by atoms with Gasteiger partial charge in [-0.2, -0.15) is 0 Å². The number of hydrogen-bond donors (Lipinski definition) is 1. The Morgan fingerprint density at radius 1 is 1.75 bits per heavy atom. The first-order valence-electron chi connectivity index (χ1n) is 2.45. The molecule has 0 unspecified atom stereocenters. The van der Waals surface area contributed by atoms with Crippen molar-refractivity contribution in [3.8, 4) is 0 Å². The topological polar surface area (TPSA) is 46.3 Å². The fraction of sp³-hybridized carbons (Fsp3) is 0.800. The molecule has 0 aliphatic rings. The van der Waals surface area contributed by atoms with Gasteiger partial charge < -0.3 is 10.6 Å². The molecule has 0 heterocycles. The highest BCUT2D eigenvalue weighted by Crippen LogP contribution is 1.75. The second kappa shape index (κ2) is 3.57. The van der Waals surface area contributed by atoms with Gasteiger partial charge in [0.05, 0.1) is 6.04 Å². The lowest BCUT2D eigenvalue weighted by molar-refractivity contribution is 0.395. The van der Waals surface area contributed by atoms with Crippen LogP contribution >= 0.6 is 0 Å². The predicted octanol–water partition coefficient (Wildman–Crippen LogP) is -1.01. The Kier molecular flexibility index (Phi) is 3.39. The number of rotatable bonds is 3. The summed E-state index contributed by atoms with van der Waals surface area (Å²) >= 11 is 0. The van der Waals surface area contributed by atoms with Crippen molar-refractivity contribution in [3.63, 3.8) is 0 Å². The van der Waals surface area contributed by atoms with E-state index in [-0.39, 0.29) is 0 Å². The molecule has 0 aromatic carbocycles. The van der Waals surface area contributed by atoms with Crippen LogP contribution in [-0.2, 0) is 4.79 Å². The lowest BCUT2D eigenvalue weighted by atomic mass is 10.3. The van der Waals surface area contributed by atoms with Gasteiger partial charge in [0.2, 0.25) is 6.29 Å². The average Bonchev–Trinajstić information content (AvgIpc) is 1.65. The maximum Gasteiger partial charge on any atom is 0.218 e. The van der Waals surface area contributed by atoms with Gasteiger partial charge >= 0.3 is 0 Å². The van der Waals surface area contributed by atoms with Crippen molar-refractivity contribution in [1.82, 2.24) is 4.90 Å². The molecule has 1 atom stereocenters. The Balaban J connectivity index is 3.23. The number of nitrogens with zero attached hydrogens (tertiary/aromatic N) is 1. The van der Waals surface area contributed by atoms with Gasteiger partial charge in [0, 0.05) is 6.54 Å². The van der Waals surface area contributed by atoms with Gasteiger partial charge in [0.1, 0.15) is 0 Å². The zero-order chi connectivity index (χ0) is 6.57. The van der Waals surface area contributed by atoms with E-state index in [0.29, 0.717) is 6.54 Å². The molecule has 0 saturated heterocycles. The molecule has 2 N–H and O–H groups in total. The quantitative estimate of drug-likeness (QED) is 0.512. The van der Waals surface area contributed by atoms with Gasteiger partial charge in [-0.05, 0) is 14.1 Å². The SMILES string of the molecule is CN(C)C[C@@H](N)[C]=O. The summed E-state index contributed by atoms with van der Waals surface area (Å²) in [5.74, 6) is 0. The molecule has 0 rings (SSSR count). The average molecular weight is 115 g/mol. The normalized spacial score (nSPS) is 14.0. The van der Waals surface area contributed by atoms with E-state index >= 15 is 0 Å².